The van der Waals surface area contributed by atoms with Crippen LogP contribution in [0.4, 0.5) is 5.82 Å². The highest BCUT2D eigenvalue weighted by Crippen LogP contribution is 2.10. The van der Waals surface area contributed by atoms with Gasteiger partial charge < -0.3 is 9.88 Å². The summed E-state index contributed by atoms with van der Waals surface area (Å²) < 4.78 is 3.72. The van der Waals surface area contributed by atoms with Crippen molar-refractivity contribution in [3.63, 3.8) is 0 Å². The topological polar surface area (TPSA) is 77.6 Å². The zero-order valence-corrected chi connectivity index (χ0v) is 14.6. The van der Waals surface area contributed by atoms with E-state index in [0.717, 1.165) is 17.8 Å². The van der Waals surface area contributed by atoms with E-state index in [9.17, 15) is 4.79 Å². The second-order valence-electron chi connectivity index (χ2n) is 6.11. The fraction of sp³-hybridized carbons (Fsp3) is 0.100. The summed E-state index contributed by atoms with van der Waals surface area (Å²) in [5, 5.41) is 7.20. The smallest absolute Gasteiger partial charge is 0.256 e. The van der Waals surface area contributed by atoms with Crippen molar-refractivity contribution in [3.8, 4) is 0 Å². The summed E-state index contributed by atoms with van der Waals surface area (Å²) in [5.41, 5.74) is 2.60. The molecule has 0 saturated heterocycles. The van der Waals surface area contributed by atoms with Crippen LogP contribution in [0.5, 0.6) is 0 Å². The molecule has 0 unspecified atom stereocenters. The van der Waals surface area contributed by atoms with Gasteiger partial charge in [-0.1, -0.05) is 18.2 Å². The van der Waals surface area contributed by atoms with Crippen LogP contribution in [0.25, 0.3) is 0 Å². The van der Waals surface area contributed by atoms with Crippen LogP contribution in [-0.2, 0) is 13.1 Å². The van der Waals surface area contributed by atoms with Gasteiger partial charge in [0.15, 0.2) is 5.82 Å². The van der Waals surface area contributed by atoms with Crippen LogP contribution in [0.2, 0.25) is 0 Å². The number of pyridine rings is 1. The van der Waals surface area contributed by atoms with E-state index in [1.807, 2.05) is 59.4 Å². The molecule has 134 valence electrons. The number of amides is 1. The summed E-state index contributed by atoms with van der Waals surface area (Å²) in [7, 11) is 0. The molecule has 0 aliphatic carbocycles. The van der Waals surface area contributed by atoms with E-state index in [0.29, 0.717) is 17.9 Å². The summed E-state index contributed by atoms with van der Waals surface area (Å²) in [6, 6.07) is 15.0. The fourth-order valence-corrected chi connectivity index (χ4v) is 2.72. The molecule has 0 aliphatic rings. The molecule has 0 aliphatic heterocycles. The van der Waals surface area contributed by atoms with Crippen molar-refractivity contribution < 1.29 is 4.79 Å². The van der Waals surface area contributed by atoms with E-state index in [4.69, 9.17) is 0 Å². The lowest BCUT2D eigenvalue weighted by atomic mass is 10.1. The van der Waals surface area contributed by atoms with Gasteiger partial charge >= 0.3 is 0 Å². The number of aromatic nitrogens is 5. The molecular weight excluding hydrogens is 340 g/mol. The normalized spacial score (nSPS) is 10.7. The lowest BCUT2D eigenvalue weighted by Gasteiger charge is -2.05. The number of nitrogens with zero attached hydrogens (tertiary/aromatic N) is 5. The highest BCUT2D eigenvalue weighted by Gasteiger charge is 2.08. The fourth-order valence-electron chi connectivity index (χ4n) is 2.72. The molecule has 0 radical (unpaired) electrons. The molecule has 3 aromatic heterocycles. The molecule has 27 heavy (non-hydrogen) atoms. The van der Waals surface area contributed by atoms with E-state index in [1.165, 1.54) is 0 Å². The molecule has 0 bridgehead atoms. The number of hydrogen-bond donors (Lipinski definition) is 1. The molecular formula is C20H18N6O. The van der Waals surface area contributed by atoms with Crippen LogP contribution in [0.1, 0.15) is 21.6 Å². The summed E-state index contributed by atoms with van der Waals surface area (Å²) in [5.74, 6) is 0.325. The SMILES string of the molecule is O=C(Nc1ccn(Cc2ccccn2)n1)c1ccc(Cn2ccnc2)cc1. The van der Waals surface area contributed by atoms with Gasteiger partial charge in [-0.25, -0.2) is 4.98 Å². The van der Waals surface area contributed by atoms with Crippen LogP contribution >= 0.6 is 0 Å². The number of nitrogens with one attached hydrogen (secondary N) is 1. The minimum absolute atomic E-state index is 0.188. The zero-order chi connectivity index (χ0) is 18.5. The van der Waals surface area contributed by atoms with Crippen LogP contribution < -0.4 is 5.32 Å². The summed E-state index contributed by atoms with van der Waals surface area (Å²) in [4.78, 5) is 20.7. The number of benzene rings is 1. The van der Waals surface area contributed by atoms with E-state index in [-0.39, 0.29) is 5.91 Å². The van der Waals surface area contributed by atoms with Crippen LogP contribution in [0.15, 0.2) is 79.6 Å². The Morgan fingerprint density at radius 3 is 2.59 bits per heavy atom. The Morgan fingerprint density at radius 1 is 0.963 bits per heavy atom. The van der Waals surface area contributed by atoms with Crippen molar-refractivity contribution in [2.24, 2.45) is 0 Å². The molecule has 3 heterocycles. The minimum atomic E-state index is -0.188. The number of carbonyl (C=O) groups is 1. The molecule has 0 atom stereocenters. The second-order valence-corrected chi connectivity index (χ2v) is 6.11. The van der Waals surface area contributed by atoms with Gasteiger partial charge in [0.1, 0.15) is 0 Å². The Labute approximate surface area is 156 Å². The van der Waals surface area contributed by atoms with Crippen molar-refractivity contribution in [1.29, 1.82) is 0 Å². The summed E-state index contributed by atoms with van der Waals surface area (Å²) in [6.45, 7) is 1.28. The molecule has 4 rings (SSSR count). The summed E-state index contributed by atoms with van der Waals surface area (Å²) >= 11 is 0. The number of hydrogen-bond acceptors (Lipinski definition) is 4. The van der Waals surface area contributed by atoms with Crippen molar-refractivity contribution in [2.75, 3.05) is 5.32 Å². The Bertz CT molecular complexity index is 1010. The first kappa shape index (κ1) is 16.7. The first-order valence-electron chi connectivity index (χ1n) is 8.56. The molecule has 1 aromatic carbocycles. The third-order valence-electron chi connectivity index (χ3n) is 4.07. The molecule has 0 spiro atoms. The maximum atomic E-state index is 12.4. The average molecular weight is 358 g/mol. The first-order chi connectivity index (χ1) is 13.3. The predicted octanol–water partition coefficient (Wildman–Crippen LogP) is 2.82. The van der Waals surface area contributed by atoms with Gasteiger partial charge in [-0.3, -0.25) is 14.5 Å². The van der Waals surface area contributed by atoms with Crippen molar-refractivity contribution in [3.05, 3.63) is 96.5 Å². The Hall–Kier alpha value is -3.74. The molecule has 1 amide bonds. The maximum Gasteiger partial charge on any atom is 0.256 e. The van der Waals surface area contributed by atoms with Gasteiger partial charge in [0, 0.05) is 43.0 Å². The average Bonchev–Trinajstić information content (AvgIpc) is 3.35. The number of rotatable bonds is 6. The van der Waals surface area contributed by atoms with Crippen LogP contribution in [-0.4, -0.2) is 30.2 Å². The van der Waals surface area contributed by atoms with Gasteiger partial charge in [-0.2, -0.15) is 5.10 Å². The molecule has 0 saturated carbocycles. The molecule has 7 nitrogen and oxygen atoms in total. The Kier molecular flexibility index (Phi) is 4.74. The van der Waals surface area contributed by atoms with Crippen molar-refractivity contribution >= 4 is 11.7 Å². The lowest BCUT2D eigenvalue weighted by molar-refractivity contribution is 0.102. The second kappa shape index (κ2) is 7.65. The van der Waals surface area contributed by atoms with Gasteiger partial charge in [0.25, 0.3) is 5.91 Å². The third-order valence-corrected chi connectivity index (χ3v) is 4.07. The monoisotopic (exact) mass is 358 g/mol. The van der Waals surface area contributed by atoms with Gasteiger partial charge in [-0.15, -0.1) is 0 Å². The van der Waals surface area contributed by atoms with E-state index >= 15 is 0 Å². The van der Waals surface area contributed by atoms with Gasteiger partial charge in [0.05, 0.1) is 18.6 Å². The molecule has 4 aromatic rings. The Balaban J connectivity index is 1.37. The predicted molar refractivity (Wildman–Crippen MR) is 101 cm³/mol. The first-order valence-corrected chi connectivity index (χ1v) is 8.56. The highest BCUT2D eigenvalue weighted by molar-refractivity contribution is 6.03. The van der Waals surface area contributed by atoms with Crippen molar-refractivity contribution in [1.82, 2.24) is 24.3 Å². The minimum Gasteiger partial charge on any atom is -0.333 e. The van der Waals surface area contributed by atoms with Gasteiger partial charge in [0.2, 0.25) is 0 Å². The zero-order valence-electron chi connectivity index (χ0n) is 14.6. The third kappa shape index (κ3) is 4.27. The number of anilines is 1. The highest BCUT2D eigenvalue weighted by atomic mass is 16.1. The van der Waals surface area contributed by atoms with E-state index < -0.39 is 0 Å². The van der Waals surface area contributed by atoms with Crippen molar-refractivity contribution in [2.45, 2.75) is 13.1 Å². The molecule has 1 N–H and O–H groups in total. The summed E-state index contributed by atoms with van der Waals surface area (Å²) in [6.07, 6.45) is 8.98. The largest absolute Gasteiger partial charge is 0.333 e. The van der Waals surface area contributed by atoms with E-state index in [2.05, 4.69) is 20.4 Å². The maximum absolute atomic E-state index is 12.4. The Morgan fingerprint density at radius 2 is 1.85 bits per heavy atom. The quantitative estimate of drug-likeness (QED) is 0.575. The van der Waals surface area contributed by atoms with Crippen LogP contribution in [0.3, 0.4) is 0 Å². The van der Waals surface area contributed by atoms with Gasteiger partial charge in [-0.05, 0) is 29.8 Å². The molecule has 7 heteroatoms. The molecule has 0 fully saturated rings. The van der Waals surface area contributed by atoms with E-state index in [1.54, 1.807) is 29.5 Å². The van der Waals surface area contributed by atoms with Crippen LogP contribution in [0, 0.1) is 0 Å². The lowest BCUT2D eigenvalue weighted by Crippen LogP contribution is -2.13. The standard InChI is InChI=1S/C20H18N6O/c27-20(17-6-4-16(5-7-17)13-25-12-10-21-15-25)23-19-8-11-26(24-19)14-18-3-1-2-9-22-18/h1-12,15H,13-14H2,(H,23,24,27). The number of carbonyl (C=O) groups excluding carboxylic acids is 1. The number of imidazole rings is 1.